The normalized spacial score (nSPS) is 10.4. The van der Waals surface area contributed by atoms with Gasteiger partial charge in [0.15, 0.2) is 23.1 Å². The van der Waals surface area contributed by atoms with Crippen molar-refractivity contribution in [3.8, 4) is 0 Å². The predicted molar refractivity (Wildman–Crippen MR) is 86.0 cm³/mol. The highest BCUT2D eigenvalue weighted by atomic mass is 19.2. The number of aromatic nitrogens is 2. The van der Waals surface area contributed by atoms with Crippen LogP contribution in [0, 0.1) is 17.5 Å². The molecule has 0 saturated heterocycles. The maximum atomic E-state index is 13.6. The maximum Gasteiger partial charge on any atom is 0.276 e. The van der Waals surface area contributed by atoms with Gasteiger partial charge in [0, 0.05) is 11.8 Å². The molecular weight excluding hydrogens is 333 g/mol. The summed E-state index contributed by atoms with van der Waals surface area (Å²) in [7, 11) is 0. The van der Waals surface area contributed by atoms with Crippen molar-refractivity contribution in [3.63, 3.8) is 0 Å². The predicted octanol–water partition coefficient (Wildman–Crippen LogP) is 3.89. The summed E-state index contributed by atoms with van der Waals surface area (Å²) in [5, 5.41) is 12.6. The van der Waals surface area contributed by atoms with Crippen molar-refractivity contribution in [2.24, 2.45) is 0 Å². The van der Waals surface area contributed by atoms with Crippen LogP contribution in [0.1, 0.15) is 10.5 Å². The molecule has 1 amide bonds. The smallest absolute Gasteiger partial charge is 0.276 e. The highest BCUT2D eigenvalue weighted by Crippen LogP contribution is 2.18. The number of hydrogen-bond acceptors (Lipinski definition) is 4. The van der Waals surface area contributed by atoms with E-state index < -0.39 is 23.4 Å². The van der Waals surface area contributed by atoms with Gasteiger partial charge in [0.25, 0.3) is 5.91 Å². The molecular formula is C17H11F3N4O. The molecule has 5 nitrogen and oxygen atoms in total. The van der Waals surface area contributed by atoms with Crippen molar-refractivity contribution in [2.45, 2.75) is 0 Å². The Bertz CT molecular complexity index is 916. The van der Waals surface area contributed by atoms with E-state index >= 15 is 0 Å². The van der Waals surface area contributed by atoms with Crippen LogP contribution in [0.5, 0.6) is 0 Å². The van der Waals surface area contributed by atoms with E-state index in [4.69, 9.17) is 0 Å². The lowest BCUT2D eigenvalue weighted by atomic mass is 10.2. The second-order valence-electron chi connectivity index (χ2n) is 4.99. The molecule has 3 rings (SSSR count). The Kier molecular flexibility index (Phi) is 4.60. The number of carbonyl (C=O) groups excluding carboxylic acids is 1. The second kappa shape index (κ2) is 7.00. The van der Waals surface area contributed by atoms with E-state index in [2.05, 4.69) is 20.8 Å². The molecule has 25 heavy (non-hydrogen) atoms. The molecule has 8 heteroatoms. The summed E-state index contributed by atoms with van der Waals surface area (Å²) in [5.41, 5.74) is 0.263. The zero-order valence-corrected chi connectivity index (χ0v) is 12.6. The molecule has 2 N–H and O–H groups in total. The molecule has 126 valence electrons. The van der Waals surface area contributed by atoms with Crippen LogP contribution in [0.25, 0.3) is 0 Å². The molecule has 0 unspecified atom stereocenters. The Balaban J connectivity index is 1.70. The zero-order chi connectivity index (χ0) is 17.8. The number of carbonyl (C=O) groups is 1. The van der Waals surface area contributed by atoms with Crippen LogP contribution in [0.4, 0.5) is 30.4 Å². The molecule has 3 aromatic rings. The van der Waals surface area contributed by atoms with E-state index in [1.54, 1.807) is 12.1 Å². The van der Waals surface area contributed by atoms with Crippen molar-refractivity contribution in [2.75, 3.05) is 10.6 Å². The summed E-state index contributed by atoms with van der Waals surface area (Å²) < 4.78 is 39.6. The number of para-hydroxylation sites is 1. The number of hydrogen-bond donors (Lipinski definition) is 2. The Morgan fingerprint density at radius 3 is 2.32 bits per heavy atom. The standard InChI is InChI=1S/C17H11F3N4O/c18-11-6-5-10(9-13(11)20)21-17(25)15-7-8-16(24-23-15)22-14-4-2-1-3-12(14)19/h1-9H,(H,21,25)(H,22,24). The molecule has 0 spiro atoms. The largest absolute Gasteiger partial charge is 0.336 e. The van der Waals surface area contributed by atoms with Crippen LogP contribution >= 0.6 is 0 Å². The molecule has 2 aromatic carbocycles. The molecule has 1 aromatic heterocycles. The van der Waals surface area contributed by atoms with Crippen molar-refractivity contribution in [1.82, 2.24) is 10.2 Å². The number of nitrogens with zero attached hydrogens (tertiary/aromatic N) is 2. The Morgan fingerprint density at radius 1 is 0.840 bits per heavy atom. The molecule has 0 aliphatic carbocycles. The third kappa shape index (κ3) is 3.92. The summed E-state index contributed by atoms with van der Waals surface area (Å²) in [5.74, 6) is -2.94. The molecule has 0 atom stereocenters. The zero-order valence-electron chi connectivity index (χ0n) is 12.6. The summed E-state index contributed by atoms with van der Waals surface area (Å²) in [6, 6.07) is 11.8. The number of anilines is 3. The van der Waals surface area contributed by atoms with Crippen molar-refractivity contribution < 1.29 is 18.0 Å². The fourth-order valence-corrected chi connectivity index (χ4v) is 1.99. The fourth-order valence-electron chi connectivity index (χ4n) is 1.99. The fraction of sp³-hybridized carbons (Fsp3) is 0. The van der Waals surface area contributed by atoms with E-state index in [0.717, 1.165) is 12.1 Å². The highest BCUT2D eigenvalue weighted by molar-refractivity contribution is 6.02. The number of amides is 1. The molecule has 0 fully saturated rings. The quantitative estimate of drug-likeness (QED) is 0.753. The van der Waals surface area contributed by atoms with E-state index in [1.807, 2.05) is 0 Å². The first-order valence-corrected chi connectivity index (χ1v) is 7.14. The van der Waals surface area contributed by atoms with E-state index in [1.165, 1.54) is 30.3 Å². The van der Waals surface area contributed by atoms with E-state index in [0.29, 0.717) is 0 Å². The minimum atomic E-state index is -1.08. The van der Waals surface area contributed by atoms with Crippen LogP contribution in [0.15, 0.2) is 54.6 Å². The van der Waals surface area contributed by atoms with Crippen LogP contribution < -0.4 is 10.6 Å². The van der Waals surface area contributed by atoms with Gasteiger partial charge in [0.2, 0.25) is 0 Å². The second-order valence-corrected chi connectivity index (χ2v) is 4.99. The van der Waals surface area contributed by atoms with Crippen LogP contribution in [-0.4, -0.2) is 16.1 Å². The van der Waals surface area contributed by atoms with Gasteiger partial charge in [-0.15, -0.1) is 10.2 Å². The summed E-state index contributed by atoms with van der Waals surface area (Å²) in [6.07, 6.45) is 0. The van der Waals surface area contributed by atoms with Crippen LogP contribution in [-0.2, 0) is 0 Å². The van der Waals surface area contributed by atoms with Gasteiger partial charge in [-0.25, -0.2) is 13.2 Å². The van der Waals surface area contributed by atoms with Gasteiger partial charge >= 0.3 is 0 Å². The number of rotatable bonds is 4. The van der Waals surface area contributed by atoms with E-state index in [-0.39, 0.29) is 22.9 Å². The molecule has 0 aliphatic heterocycles. The first kappa shape index (κ1) is 16.4. The first-order valence-electron chi connectivity index (χ1n) is 7.14. The summed E-state index contributed by atoms with van der Waals surface area (Å²) >= 11 is 0. The molecule has 0 aliphatic rings. The van der Waals surface area contributed by atoms with Crippen molar-refractivity contribution >= 4 is 23.1 Å². The maximum absolute atomic E-state index is 13.6. The number of nitrogens with one attached hydrogen (secondary N) is 2. The lowest BCUT2D eigenvalue weighted by molar-refractivity contribution is 0.102. The summed E-state index contributed by atoms with van der Waals surface area (Å²) in [6.45, 7) is 0. The first-order chi connectivity index (χ1) is 12.0. The van der Waals surface area contributed by atoms with Crippen molar-refractivity contribution in [3.05, 3.63) is 77.7 Å². The molecule has 0 bridgehead atoms. The SMILES string of the molecule is O=C(Nc1ccc(F)c(F)c1)c1ccc(Nc2ccccc2F)nn1. The van der Waals surface area contributed by atoms with Crippen LogP contribution in [0.2, 0.25) is 0 Å². The highest BCUT2D eigenvalue weighted by Gasteiger charge is 2.11. The van der Waals surface area contributed by atoms with Crippen molar-refractivity contribution in [1.29, 1.82) is 0 Å². The number of halogens is 3. The lowest BCUT2D eigenvalue weighted by Crippen LogP contribution is -2.15. The third-order valence-electron chi connectivity index (χ3n) is 3.21. The minimum absolute atomic E-state index is 0.0381. The molecule has 0 saturated carbocycles. The average Bonchev–Trinajstić information content (AvgIpc) is 2.61. The minimum Gasteiger partial charge on any atom is -0.336 e. The lowest BCUT2D eigenvalue weighted by Gasteiger charge is -2.07. The topological polar surface area (TPSA) is 66.9 Å². The monoisotopic (exact) mass is 344 g/mol. The number of benzene rings is 2. The Morgan fingerprint density at radius 2 is 1.64 bits per heavy atom. The average molecular weight is 344 g/mol. The van der Waals surface area contributed by atoms with Gasteiger partial charge in [-0.3, -0.25) is 4.79 Å². The van der Waals surface area contributed by atoms with Gasteiger partial charge in [0.05, 0.1) is 5.69 Å². The molecule has 0 radical (unpaired) electrons. The summed E-state index contributed by atoms with van der Waals surface area (Å²) in [4.78, 5) is 12.0. The van der Waals surface area contributed by atoms with Gasteiger partial charge in [-0.05, 0) is 36.4 Å². The van der Waals surface area contributed by atoms with Crippen LogP contribution in [0.3, 0.4) is 0 Å². The molecule has 1 heterocycles. The third-order valence-corrected chi connectivity index (χ3v) is 3.21. The van der Waals surface area contributed by atoms with Gasteiger partial charge in [-0.2, -0.15) is 0 Å². The van der Waals surface area contributed by atoms with Gasteiger partial charge in [0.1, 0.15) is 5.82 Å². The van der Waals surface area contributed by atoms with Gasteiger partial charge in [-0.1, -0.05) is 12.1 Å². The van der Waals surface area contributed by atoms with E-state index in [9.17, 15) is 18.0 Å². The Hall–Kier alpha value is -3.42. The Labute approximate surface area is 140 Å². The van der Waals surface area contributed by atoms with Gasteiger partial charge < -0.3 is 10.6 Å².